The summed E-state index contributed by atoms with van der Waals surface area (Å²) in [6.45, 7) is 1.01. The van der Waals surface area contributed by atoms with Crippen LogP contribution in [0.3, 0.4) is 0 Å². The Kier molecular flexibility index (Phi) is 5.02. The molecule has 0 saturated carbocycles. The van der Waals surface area contributed by atoms with Crippen LogP contribution in [-0.2, 0) is 10.0 Å². The quantitative estimate of drug-likeness (QED) is 0.643. The third-order valence-corrected chi connectivity index (χ3v) is 6.99. The van der Waals surface area contributed by atoms with Crippen molar-refractivity contribution in [2.75, 3.05) is 19.3 Å². The summed E-state index contributed by atoms with van der Waals surface area (Å²) in [5, 5.41) is 14.7. The Morgan fingerprint density at radius 3 is 2.70 bits per heavy atom. The van der Waals surface area contributed by atoms with Crippen LogP contribution in [0.4, 0.5) is 0 Å². The van der Waals surface area contributed by atoms with Crippen molar-refractivity contribution >= 4 is 50.1 Å². The van der Waals surface area contributed by atoms with Crippen LogP contribution in [0.5, 0.6) is 0 Å². The van der Waals surface area contributed by atoms with Gasteiger partial charge < -0.3 is 0 Å². The summed E-state index contributed by atoms with van der Waals surface area (Å²) in [5.41, 5.74) is 1.00. The van der Waals surface area contributed by atoms with E-state index in [0.29, 0.717) is 18.1 Å². The number of hydrogen-bond acceptors (Lipinski definition) is 6. The summed E-state index contributed by atoms with van der Waals surface area (Å²) in [6, 6.07) is 7.61. The lowest BCUT2D eigenvalue weighted by atomic mass is 9.97. The molecule has 0 N–H and O–H groups in total. The molecule has 27 heavy (non-hydrogen) atoms. The second kappa shape index (κ2) is 7.31. The monoisotopic (exact) mass is 423 g/mol. The number of piperidine rings is 1. The summed E-state index contributed by atoms with van der Waals surface area (Å²) in [7, 11) is -3.13. The van der Waals surface area contributed by atoms with Gasteiger partial charge >= 0.3 is 0 Å². The fourth-order valence-electron chi connectivity index (χ4n) is 3.19. The zero-order chi connectivity index (χ0) is 19.0. The van der Waals surface area contributed by atoms with Crippen LogP contribution in [-0.4, -0.2) is 51.9 Å². The molecular weight excluding hydrogens is 406 g/mol. The molecule has 0 aliphatic carbocycles. The van der Waals surface area contributed by atoms with Crippen LogP contribution >= 0.6 is 22.9 Å². The highest BCUT2D eigenvalue weighted by Gasteiger charge is 2.29. The van der Waals surface area contributed by atoms with E-state index in [1.54, 1.807) is 4.52 Å². The molecule has 142 valence electrons. The van der Waals surface area contributed by atoms with E-state index in [1.807, 2.05) is 36.4 Å². The second-order valence-corrected chi connectivity index (χ2v) is 9.92. The molecule has 3 aromatic rings. The van der Waals surface area contributed by atoms with Gasteiger partial charge in [0, 0.05) is 24.0 Å². The van der Waals surface area contributed by atoms with E-state index < -0.39 is 10.0 Å². The van der Waals surface area contributed by atoms with Crippen LogP contribution in [0.1, 0.15) is 35.2 Å². The van der Waals surface area contributed by atoms with E-state index in [2.05, 4.69) is 15.3 Å². The predicted molar refractivity (Wildman–Crippen MR) is 107 cm³/mol. The van der Waals surface area contributed by atoms with Crippen molar-refractivity contribution in [2.24, 2.45) is 0 Å². The van der Waals surface area contributed by atoms with Crippen LogP contribution in [0.15, 0.2) is 24.3 Å². The minimum atomic E-state index is -3.13. The molecule has 1 saturated heterocycles. The van der Waals surface area contributed by atoms with E-state index in [-0.39, 0.29) is 5.92 Å². The zero-order valence-electron chi connectivity index (χ0n) is 14.6. The van der Waals surface area contributed by atoms with Gasteiger partial charge in [-0.2, -0.15) is 9.61 Å². The second-order valence-electron chi connectivity index (χ2n) is 6.52. The van der Waals surface area contributed by atoms with Crippen molar-refractivity contribution in [3.8, 4) is 0 Å². The van der Waals surface area contributed by atoms with Gasteiger partial charge in [0.25, 0.3) is 0 Å². The zero-order valence-corrected chi connectivity index (χ0v) is 17.0. The number of nitrogens with zero attached hydrogens (tertiary/aromatic N) is 5. The molecule has 0 unspecified atom stereocenters. The molecule has 4 rings (SSSR count). The molecule has 2 aromatic heterocycles. The van der Waals surface area contributed by atoms with Gasteiger partial charge in [-0.15, -0.1) is 10.2 Å². The minimum absolute atomic E-state index is 0.157. The molecule has 0 spiro atoms. The average molecular weight is 424 g/mol. The van der Waals surface area contributed by atoms with Gasteiger partial charge in [-0.25, -0.2) is 12.7 Å². The first kappa shape index (κ1) is 18.5. The number of halogens is 1. The normalized spacial score (nSPS) is 17.3. The lowest BCUT2D eigenvalue weighted by molar-refractivity contribution is 0.313. The van der Waals surface area contributed by atoms with Crippen LogP contribution in [0, 0.1) is 0 Å². The summed E-state index contributed by atoms with van der Waals surface area (Å²) in [4.78, 5) is 0.737. The highest BCUT2D eigenvalue weighted by Crippen LogP contribution is 2.29. The van der Waals surface area contributed by atoms with Crippen LogP contribution in [0.2, 0.25) is 5.02 Å². The lowest BCUT2D eigenvalue weighted by Gasteiger charge is -2.28. The number of hydrogen-bond donors (Lipinski definition) is 0. The first-order chi connectivity index (χ1) is 12.9. The van der Waals surface area contributed by atoms with E-state index in [9.17, 15) is 8.42 Å². The summed E-state index contributed by atoms with van der Waals surface area (Å²) >= 11 is 7.47. The van der Waals surface area contributed by atoms with Gasteiger partial charge in [-0.3, -0.25) is 0 Å². The number of benzene rings is 1. The Bertz CT molecular complexity index is 1100. The summed E-state index contributed by atoms with van der Waals surface area (Å²) in [5.74, 6) is 0.960. The first-order valence-electron chi connectivity index (χ1n) is 8.51. The molecule has 1 aromatic carbocycles. The van der Waals surface area contributed by atoms with E-state index in [0.717, 1.165) is 34.2 Å². The van der Waals surface area contributed by atoms with Gasteiger partial charge in [-0.05, 0) is 36.6 Å². The topological polar surface area (TPSA) is 80.5 Å². The Morgan fingerprint density at radius 1 is 1.22 bits per heavy atom. The largest absolute Gasteiger partial charge is 0.234 e. The van der Waals surface area contributed by atoms with Crippen LogP contribution < -0.4 is 0 Å². The van der Waals surface area contributed by atoms with Gasteiger partial charge in [0.1, 0.15) is 5.01 Å². The number of fused-ring (bicyclic) bond motifs is 1. The molecule has 0 bridgehead atoms. The predicted octanol–water partition coefficient (Wildman–Crippen LogP) is 3.15. The van der Waals surface area contributed by atoms with Crippen molar-refractivity contribution in [1.29, 1.82) is 0 Å². The van der Waals surface area contributed by atoms with E-state index >= 15 is 0 Å². The van der Waals surface area contributed by atoms with Gasteiger partial charge in [0.2, 0.25) is 15.0 Å². The van der Waals surface area contributed by atoms with Gasteiger partial charge in [-0.1, -0.05) is 41.1 Å². The van der Waals surface area contributed by atoms with Crippen molar-refractivity contribution < 1.29 is 8.42 Å². The average Bonchev–Trinajstić information content (AvgIpc) is 3.19. The Morgan fingerprint density at radius 2 is 2.00 bits per heavy atom. The van der Waals surface area contributed by atoms with Crippen molar-refractivity contribution in [2.45, 2.75) is 18.8 Å². The van der Waals surface area contributed by atoms with E-state index in [1.165, 1.54) is 21.9 Å². The third-order valence-electron chi connectivity index (χ3n) is 4.59. The SMILES string of the molecule is CS(=O)(=O)N1CCC(c2nnc3sc(C=Cc4cccc(Cl)c4)nn23)CC1. The van der Waals surface area contributed by atoms with Crippen molar-refractivity contribution in [3.05, 3.63) is 45.7 Å². The maximum atomic E-state index is 11.7. The lowest BCUT2D eigenvalue weighted by Crippen LogP contribution is -2.37. The number of sulfonamides is 1. The molecule has 3 heterocycles. The smallest absolute Gasteiger partial charge is 0.213 e. The standard InChI is InChI=1S/C17H18ClN5O2S2/c1-27(24,25)22-9-7-13(8-10-22)16-19-20-17-23(16)21-15(26-17)6-5-12-3-2-4-14(18)11-12/h2-6,11,13H,7-10H2,1H3. The molecule has 1 aliphatic rings. The molecule has 10 heteroatoms. The maximum absolute atomic E-state index is 11.7. The Balaban J connectivity index is 1.53. The maximum Gasteiger partial charge on any atom is 0.234 e. The number of rotatable bonds is 4. The highest BCUT2D eigenvalue weighted by molar-refractivity contribution is 7.88. The minimum Gasteiger partial charge on any atom is -0.213 e. The first-order valence-corrected chi connectivity index (χ1v) is 11.6. The molecular formula is C17H18ClN5O2S2. The molecule has 7 nitrogen and oxygen atoms in total. The molecule has 0 radical (unpaired) electrons. The third kappa shape index (κ3) is 4.06. The Labute approximate surface area is 166 Å². The summed E-state index contributed by atoms with van der Waals surface area (Å²) < 4.78 is 26.6. The van der Waals surface area contributed by atoms with Crippen molar-refractivity contribution in [1.82, 2.24) is 24.1 Å². The summed E-state index contributed by atoms with van der Waals surface area (Å²) in [6.07, 6.45) is 6.59. The fraction of sp³-hybridized carbons (Fsp3) is 0.353. The van der Waals surface area contributed by atoms with Crippen molar-refractivity contribution in [3.63, 3.8) is 0 Å². The van der Waals surface area contributed by atoms with Gasteiger partial charge in [0.15, 0.2) is 5.82 Å². The highest BCUT2D eigenvalue weighted by atomic mass is 35.5. The molecule has 1 aliphatic heterocycles. The number of aromatic nitrogens is 4. The van der Waals surface area contributed by atoms with E-state index in [4.69, 9.17) is 11.6 Å². The fourth-order valence-corrected chi connectivity index (χ4v) is 5.01. The van der Waals surface area contributed by atoms with Gasteiger partial charge in [0.05, 0.1) is 6.26 Å². The van der Waals surface area contributed by atoms with Crippen LogP contribution in [0.25, 0.3) is 17.1 Å². The Hall–Kier alpha value is -1.81. The molecule has 0 amide bonds. The molecule has 1 fully saturated rings. The molecule has 0 atom stereocenters.